The van der Waals surface area contributed by atoms with Gasteiger partial charge in [0.2, 0.25) is 15.9 Å². The zero-order valence-corrected chi connectivity index (χ0v) is 20.8. The van der Waals surface area contributed by atoms with Crippen LogP contribution in [-0.4, -0.2) is 35.3 Å². The van der Waals surface area contributed by atoms with Crippen LogP contribution in [0.1, 0.15) is 44.2 Å². The van der Waals surface area contributed by atoms with Crippen molar-refractivity contribution in [1.29, 1.82) is 0 Å². The highest BCUT2D eigenvalue weighted by molar-refractivity contribution is 7.89. The molecule has 1 fully saturated rings. The Morgan fingerprint density at radius 3 is 2.53 bits per heavy atom. The number of rotatable bonds is 7. The Labute approximate surface area is 210 Å². The Hall–Kier alpha value is -3.56. The second-order valence-corrected chi connectivity index (χ2v) is 11.0. The number of imidazole rings is 1. The number of sulfonamides is 1. The predicted molar refractivity (Wildman–Crippen MR) is 138 cm³/mol. The molecule has 0 unspecified atom stereocenters. The zero-order valence-electron chi connectivity index (χ0n) is 20.0. The standard InChI is InChI=1S/C27H29N5O3S/c1-18(19-6-3-2-4-7-19)29-27(33)20-9-11-22(12-10-20)32-36(34,35)23-13-14-24-25(16-23)31-26(30-24)21-8-5-15-28-17-21/h2-8,13-18,20,22,32H,9-12H2,1H3,(H,29,33)(H,30,31)/t18-,20-,22-/m1/s1. The van der Waals surface area contributed by atoms with E-state index in [0.29, 0.717) is 37.0 Å². The number of carbonyl (C=O) groups excluding carboxylic acids is 1. The van der Waals surface area contributed by atoms with Gasteiger partial charge in [0.1, 0.15) is 5.82 Å². The third kappa shape index (κ3) is 5.32. The zero-order chi connectivity index (χ0) is 25.1. The second kappa shape index (κ2) is 10.2. The molecule has 0 bridgehead atoms. The number of pyridine rings is 1. The van der Waals surface area contributed by atoms with E-state index in [2.05, 4.69) is 25.0 Å². The molecule has 1 atom stereocenters. The Morgan fingerprint density at radius 1 is 1.03 bits per heavy atom. The highest BCUT2D eigenvalue weighted by Gasteiger charge is 2.30. The summed E-state index contributed by atoms with van der Waals surface area (Å²) < 4.78 is 29.0. The third-order valence-electron chi connectivity index (χ3n) is 6.78. The van der Waals surface area contributed by atoms with Crippen LogP contribution in [0.2, 0.25) is 0 Å². The number of aromatic nitrogens is 3. The summed E-state index contributed by atoms with van der Waals surface area (Å²) in [7, 11) is -3.72. The molecule has 0 saturated heterocycles. The second-order valence-electron chi connectivity index (χ2n) is 9.32. The number of nitrogens with one attached hydrogen (secondary N) is 3. The number of nitrogens with zero attached hydrogens (tertiary/aromatic N) is 2. The number of carbonyl (C=O) groups is 1. The molecule has 5 rings (SSSR count). The minimum Gasteiger partial charge on any atom is -0.349 e. The first kappa shape index (κ1) is 24.1. The van der Waals surface area contributed by atoms with E-state index in [-0.39, 0.29) is 28.8 Å². The Balaban J connectivity index is 1.20. The van der Waals surface area contributed by atoms with Crippen molar-refractivity contribution < 1.29 is 13.2 Å². The molecule has 186 valence electrons. The smallest absolute Gasteiger partial charge is 0.240 e. The van der Waals surface area contributed by atoms with E-state index in [1.807, 2.05) is 49.4 Å². The number of hydrogen-bond donors (Lipinski definition) is 3. The van der Waals surface area contributed by atoms with E-state index in [4.69, 9.17) is 0 Å². The lowest BCUT2D eigenvalue weighted by Crippen LogP contribution is -2.41. The largest absolute Gasteiger partial charge is 0.349 e. The van der Waals surface area contributed by atoms with Crippen molar-refractivity contribution in [3.63, 3.8) is 0 Å². The van der Waals surface area contributed by atoms with E-state index in [0.717, 1.165) is 16.6 Å². The Bertz CT molecular complexity index is 1450. The van der Waals surface area contributed by atoms with Crippen molar-refractivity contribution in [2.45, 2.75) is 49.6 Å². The van der Waals surface area contributed by atoms with Crippen molar-refractivity contribution in [3.8, 4) is 11.4 Å². The normalized spacial score (nSPS) is 19.1. The molecule has 9 heteroatoms. The van der Waals surface area contributed by atoms with Gasteiger partial charge in [-0.05, 0) is 68.5 Å². The van der Waals surface area contributed by atoms with Gasteiger partial charge in [-0.1, -0.05) is 30.3 Å². The molecular weight excluding hydrogens is 474 g/mol. The van der Waals surface area contributed by atoms with Gasteiger partial charge in [0.15, 0.2) is 0 Å². The number of aromatic amines is 1. The van der Waals surface area contributed by atoms with Gasteiger partial charge in [-0.3, -0.25) is 9.78 Å². The molecule has 0 aliphatic heterocycles. The third-order valence-corrected chi connectivity index (χ3v) is 8.30. The molecule has 2 aromatic heterocycles. The molecule has 1 saturated carbocycles. The molecule has 0 spiro atoms. The summed E-state index contributed by atoms with van der Waals surface area (Å²) in [4.78, 5) is 24.8. The summed E-state index contributed by atoms with van der Waals surface area (Å²) in [6.07, 6.45) is 5.92. The quantitative estimate of drug-likeness (QED) is 0.347. The molecule has 36 heavy (non-hydrogen) atoms. The van der Waals surface area contributed by atoms with Gasteiger partial charge in [-0.2, -0.15) is 0 Å². The average molecular weight is 504 g/mol. The summed E-state index contributed by atoms with van der Waals surface area (Å²) in [6.45, 7) is 1.98. The number of fused-ring (bicyclic) bond motifs is 1. The SMILES string of the molecule is C[C@@H](NC(=O)[C@H]1CC[C@H](NS(=O)(=O)c2ccc3[nH]c(-c4cccnc4)nc3c2)CC1)c1ccccc1. The van der Waals surface area contributed by atoms with Crippen LogP contribution in [0, 0.1) is 5.92 Å². The lowest BCUT2D eigenvalue weighted by Gasteiger charge is -2.29. The highest BCUT2D eigenvalue weighted by atomic mass is 32.2. The monoisotopic (exact) mass is 503 g/mol. The van der Waals surface area contributed by atoms with Crippen LogP contribution >= 0.6 is 0 Å². The van der Waals surface area contributed by atoms with Gasteiger partial charge in [-0.15, -0.1) is 0 Å². The average Bonchev–Trinajstić information content (AvgIpc) is 3.33. The van der Waals surface area contributed by atoms with Crippen LogP contribution in [-0.2, 0) is 14.8 Å². The van der Waals surface area contributed by atoms with Gasteiger partial charge < -0.3 is 10.3 Å². The number of hydrogen-bond acceptors (Lipinski definition) is 5. The van der Waals surface area contributed by atoms with Crippen LogP contribution in [0.15, 0.2) is 78.0 Å². The molecular formula is C27H29N5O3S. The number of H-pyrrole nitrogens is 1. The maximum Gasteiger partial charge on any atom is 0.240 e. The summed E-state index contributed by atoms with van der Waals surface area (Å²) in [5.74, 6) is 0.558. The maximum absolute atomic E-state index is 13.1. The fraction of sp³-hybridized carbons (Fsp3) is 0.296. The molecule has 1 aliphatic rings. The predicted octanol–water partition coefficient (Wildman–Crippen LogP) is 4.34. The fourth-order valence-corrected chi connectivity index (χ4v) is 6.03. The molecule has 2 aromatic carbocycles. The van der Waals surface area contributed by atoms with Gasteiger partial charge in [-0.25, -0.2) is 18.1 Å². The van der Waals surface area contributed by atoms with Crippen molar-refractivity contribution in [3.05, 3.63) is 78.6 Å². The first-order valence-corrected chi connectivity index (χ1v) is 13.7. The van der Waals surface area contributed by atoms with Crippen molar-refractivity contribution >= 4 is 27.0 Å². The van der Waals surface area contributed by atoms with E-state index >= 15 is 0 Å². The van der Waals surface area contributed by atoms with E-state index in [1.165, 1.54) is 0 Å². The van der Waals surface area contributed by atoms with Gasteiger partial charge in [0.25, 0.3) is 0 Å². The molecule has 4 aromatic rings. The van der Waals surface area contributed by atoms with E-state index in [9.17, 15) is 13.2 Å². The minimum atomic E-state index is -3.72. The topological polar surface area (TPSA) is 117 Å². The molecule has 0 radical (unpaired) electrons. The van der Waals surface area contributed by atoms with Crippen LogP contribution in [0.3, 0.4) is 0 Å². The van der Waals surface area contributed by atoms with E-state index in [1.54, 1.807) is 30.6 Å². The van der Waals surface area contributed by atoms with Gasteiger partial charge >= 0.3 is 0 Å². The van der Waals surface area contributed by atoms with Crippen molar-refractivity contribution in [2.75, 3.05) is 0 Å². The Kier molecular flexibility index (Phi) is 6.84. The molecule has 2 heterocycles. The maximum atomic E-state index is 13.1. The molecule has 8 nitrogen and oxygen atoms in total. The fourth-order valence-electron chi connectivity index (χ4n) is 4.71. The van der Waals surface area contributed by atoms with Crippen molar-refractivity contribution in [1.82, 2.24) is 25.0 Å². The lowest BCUT2D eigenvalue weighted by atomic mass is 9.85. The van der Waals surface area contributed by atoms with Crippen LogP contribution < -0.4 is 10.0 Å². The van der Waals surface area contributed by atoms with Crippen LogP contribution in [0.4, 0.5) is 0 Å². The van der Waals surface area contributed by atoms with Crippen molar-refractivity contribution in [2.24, 2.45) is 5.92 Å². The van der Waals surface area contributed by atoms with Gasteiger partial charge in [0.05, 0.1) is 22.0 Å². The number of benzene rings is 2. The summed E-state index contributed by atoms with van der Waals surface area (Å²) in [5, 5.41) is 3.09. The summed E-state index contributed by atoms with van der Waals surface area (Å²) in [6, 6.07) is 18.2. The lowest BCUT2D eigenvalue weighted by molar-refractivity contribution is -0.126. The minimum absolute atomic E-state index is 0.0288. The number of amides is 1. The Morgan fingerprint density at radius 2 is 1.81 bits per heavy atom. The molecule has 3 N–H and O–H groups in total. The van der Waals surface area contributed by atoms with Crippen LogP contribution in [0.25, 0.3) is 22.4 Å². The summed E-state index contributed by atoms with van der Waals surface area (Å²) in [5.41, 5.74) is 3.22. The molecule has 1 amide bonds. The van der Waals surface area contributed by atoms with Crippen LogP contribution in [0.5, 0.6) is 0 Å². The molecule has 1 aliphatic carbocycles. The van der Waals surface area contributed by atoms with E-state index < -0.39 is 10.0 Å². The van der Waals surface area contributed by atoms with Gasteiger partial charge in [0, 0.05) is 29.9 Å². The summed E-state index contributed by atoms with van der Waals surface area (Å²) >= 11 is 0. The first-order chi connectivity index (χ1) is 17.4. The first-order valence-electron chi connectivity index (χ1n) is 12.2. The highest BCUT2D eigenvalue weighted by Crippen LogP contribution is 2.28.